The topological polar surface area (TPSA) is 49.3 Å². The third-order valence-corrected chi connectivity index (χ3v) is 5.52. The standard InChI is InChI=1S/C17H23NO2S/c1-3-17(8-6-9-17)12-18-16(20)15-11-13(2)14(21-15)7-4-5-10-19/h11,19H,3,5-6,8-10,12H2,1-2H3,(H,18,20). The molecule has 1 aromatic heterocycles. The van der Waals surface area contributed by atoms with Gasteiger partial charge in [0.15, 0.2) is 0 Å². The largest absolute Gasteiger partial charge is 0.395 e. The monoisotopic (exact) mass is 305 g/mol. The van der Waals surface area contributed by atoms with Gasteiger partial charge >= 0.3 is 0 Å². The summed E-state index contributed by atoms with van der Waals surface area (Å²) in [4.78, 5) is 13.9. The molecule has 0 aromatic carbocycles. The van der Waals surface area contributed by atoms with E-state index in [1.807, 2.05) is 13.0 Å². The molecular weight excluding hydrogens is 282 g/mol. The number of thiophene rings is 1. The van der Waals surface area contributed by atoms with Gasteiger partial charge < -0.3 is 10.4 Å². The van der Waals surface area contributed by atoms with Crippen LogP contribution in [0.1, 0.15) is 59.1 Å². The first-order valence-electron chi connectivity index (χ1n) is 7.58. The molecule has 0 spiro atoms. The Labute approximate surface area is 130 Å². The molecule has 0 atom stereocenters. The second kappa shape index (κ2) is 7.11. The molecule has 0 radical (unpaired) electrons. The van der Waals surface area contributed by atoms with Gasteiger partial charge in [-0.3, -0.25) is 4.79 Å². The Balaban J connectivity index is 1.97. The number of amides is 1. The van der Waals surface area contributed by atoms with Crippen molar-refractivity contribution in [3.05, 3.63) is 21.4 Å². The Kier molecular flexibility index (Phi) is 5.44. The Bertz CT molecular complexity index is 556. The first-order valence-corrected chi connectivity index (χ1v) is 8.40. The third kappa shape index (κ3) is 3.87. The van der Waals surface area contributed by atoms with Crippen LogP contribution in [0.4, 0.5) is 0 Å². The van der Waals surface area contributed by atoms with Crippen LogP contribution >= 0.6 is 11.3 Å². The zero-order chi connectivity index (χ0) is 15.3. The van der Waals surface area contributed by atoms with E-state index in [1.54, 1.807) is 0 Å². The van der Waals surface area contributed by atoms with E-state index in [0.29, 0.717) is 11.8 Å². The van der Waals surface area contributed by atoms with Crippen molar-refractivity contribution >= 4 is 17.2 Å². The normalized spacial score (nSPS) is 15.8. The summed E-state index contributed by atoms with van der Waals surface area (Å²) in [5.74, 6) is 5.94. The van der Waals surface area contributed by atoms with Crippen LogP contribution in [0.2, 0.25) is 0 Å². The summed E-state index contributed by atoms with van der Waals surface area (Å²) in [6.45, 7) is 5.03. The molecule has 4 heteroatoms. The van der Waals surface area contributed by atoms with E-state index in [0.717, 1.165) is 28.3 Å². The first-order chi connectivity index (χ1) is 10.1. The fraction of sp³-hybridized carbons (Fsp3) is 0.588. The fourth-order valence-electron chi connectivity index (χ4n) is 2.60. The number of rotatable bonds is 5. The van der Waals surface area contributed by atoms with Gasteiger partial charge in [-0.1, -0.05) is 25.2 Å². The SMILES string of the molecule is CCC1(CNC(=O)c2cc(C)c(C#CCCO)s2)CCC1. The highest BCUT2D eigenvalue weighted by Crippen LogP contribution is 2.43. The highest BCUT2D eigenvalue weighted by Gasteiger charge is 2.35. The van der Waals surface area contributed by atoms with Gasteiger partial charge in [0.1, 0.15) is 0 Å². The van der Waals surface area contributed by atoms with E-state index >= 15 is 0 Å². The first kappa shape index (κ1) is 16.1. The lowest BCUT2D eigenvalue weighted by Crippen LogP contribution is -2.41. The molecule has 1 aliphatic rings. The van der Waals surface area contributed by atoms with Gasteiger partial charge in [0.05, 0.1) is 16.4 Å². The van der Waals surface area contributed by atoms with E-state index in [9.17, 15) is 4.79 Å². The molecule has 0 saturated heterocycles. The van der Waals surface area contributed by atoms with Gasteiger partial charge in [-0.05, 0) is 43.2 Å². The summed E-state index contributed by atoms with van der Waals surface area (Å²) in [5.41, 5.74) is 1.37. The van der Waals surface area contributed by atoms with Gasteiger partial charge in [0.25, 0.3) is 5.91 Å². The lowest BCUT2D eigenvalue weighted by atomic mass is 9.67. The zero-order valence-corrected chi connectivity index (χ0v) is 13.6. The predicted molar refractivity (Wildman–Crippen MR) is 86.5 cm³/mol. The number of aliphatic hydroxyl groups is 1. The van der Waals surface area contributed by atoms with Gasteiger partial charge in [0.2, 0.25) is 0 Å². The van der Waals surface area contributed by atoms with Crippen molar-refractivity contribution in [3.8, 4) is 11.8 Å². The molecule has 1 amide bonds. The minimum absolute atomic E-state index is 0.0121. The average molecular weight is 305 g/mol. The van der Waals surface area contributed by atoms with Crippen LogP contribution in [0.5, 0.6) is 0 Å². The van der Waals surface area contributed by atoms with Crippen molar-refractivity contribution in [1.82, 2.24) is 5.32 Å². The molecule has 1 saturated carbocycles. The maximum Gasteiger partial charge on any atom is 0.261 e. The molecule has 3 nitrogen and oxygen atoms in total. The number of carbonyl (C=O) groups is 1. The molecule has 0 bridgehead atoms. The summed E-state index contributed by atoms with van der Waals surface area (Å²) in [6, 6.07) is 1.91. The molecule has 1 aromatic rings. The van der Waals surface area contributed by atoms with Crippen molar-refractivity contribution in [2.75, 3.05) is 13.2 Å². The number of carbonyl (C=O) groups excluding carboxylic acids is 1. The third-order valence-electron chi connectivity index (χ3n) is 4.37. The Morgan fingerprint density at radius 3 is 2.86 bits per heavy atom. The lowest BCUT2D eigenvalue weighted by Gasteiger charge is -2.41. The van der Waals surface area contributed by atoms with Crippen LogP contribution in [-0.4, -0.2) is 24.2 Å². The molecule has 1 aliphatic carbocycles. The molecule has 2 N–H and O–H groups in total. The summed E-state index contributed by atoms with van der Waals surface area (Å²) >= 11 is 1.43. The summed E-state index contributed by atoms with van der Waals surface area (Å²) in [6.07, 6.45) is 5.34. The molecule has 0 aliphatic heterocycles. The fourth-order valence-corrected chi connectivity index (χ4v) is 3.57. The molecule has 0 unspecified atom stereocenters. The Morgan fingerprint density at radius 2 is 2.29 bits per heavy atom. The van der Waals surface area contributed by atoms with Crippen LogP contribution in [0.3, 0.4) is 0 Å². The van der Waals surface area contributed by atoms with Crippen LogP contribution in [0.15, 0.2) is 6.07 Å². The van der Waals surface area contributed by atoms with Gasteiger partial charge in [-0.2, -0.15) is 0 Å². The van der Waals surface area contributed by atoms with E-state index in [4.69, 9.17) is 5.11 Å². The minimum Gasteiger partial charge on any atom is -0.395 e. The zero-order valence-electron chi connectivity index (χ0n) is 12.8. The maximum absolute atomic E-state index is 12.3. The van der Waals surface area contributed by atoms with Crippen LogP contribution in [-0.2, 0) is 0 Å². The number of hydrogen-bond donors (Lipinski definition) is 2. The lowest BCUT2D eigenvalue weighted by molar-refractivity contribution is 0.0853. The number of aliphatic hydroxyl groups excluding tert-OH is 1. The number of aryl methyl sites for hydroxylation is 1. The predicted octanol–water partition coefficient (Wildman–Crippen LogP) is 3.10. The van der Waals surface area contributed by atoms with Gasteiger partial charge in [-0.25, -0.2) is 0 Å². The average Bonchev–Trinajstić information content (AvgIpc) is 2.80. The number of hydrogen-bond acceptors (Lipinski definition) is 3. The van der Waals surface area contributed by atoms with Crippen LogP contribution in [0.25, 0.3) is 0 Å². The molecule has 2 rings (SSSR count). The summed E-state index contributed by atoms with van der Waals surface area (Å²) in [5, 5.41) is 11.8. The van der Waals surface area contributed by atoms with E-state index in [-0.39, 0.29) is 12.5 Å². The van der Waals surface area contributed by atoms with E-state index < -0.39 is 0 Å². The summed E-state index contributed by atoms with van der Waals surface area (Å²) in [7, 11) is 0. The van der Waals surface area contributed by atoms with Crippen LogP contribution < -0.4 is 5.32 Å². The van der Waals surface area contributed by atoms with Crippen molar-refractivity contribution in [3.63, 3.8) is 0 Å². The second-order valence-electron chi connectivity index (χ2n) is 5.79. The quantitative estimate of drug-likeness (QED) is 0.821. The summed E-state index contributed by atoms with van der Waals surface area (Å²) < 4.78 is 0. The number of nitrogens with one attached hydrogen (secondary N) is 1. The van der Waals surface area contributed by atoms with E-state index in [2.05, 4.69) is 24.1 Å². The van der Waals surface area contributed by atoms with Crippen molar-refractivity contribution < 1.29 is 9.90 Å². The molecule has 21 heavy (non-hydrogen) atoms. The Hall–Kier alpha value is -1.31. The molecule has 114 valence electrons. The van der Waals surface area contributed by atoms with Crippen LogP contribution in [0, 0.1) is 24.2 Å². The highest BCUT2D eigenvalue weighted by atomic mass is 32.1. The molecule has 1 heterocycles. The van der Waals surface area contributed by atoms with Gasteiger partial charge in [-0.15, -0.1) is 11.3 Å². The molecule has 1 fully saturated rings. The second-order valence-corrected chi connectivity index (χ2v) is 6.84. The van der Waals surface area contributed by atoms with Crippen molar-refractivity contribution in [1.29, 1.82) is 0 Å². The van der Waals surface area contributed by atoms with E-state index in [1.165, 1.54) is 30.6 Å². The van der Waals surface area contributed by atoms with Crippen molar-refractivity contribution in [2.45, 2.75) is 46.0 Å². The maximum atomic E-state index is 12.3. The van der Waals surface area contributed by atoms with Crippen molar-refractivity contribution in [2.24, 2.45) is 5.41 Å². The van der Waals surface area contributed by atoms with Gasteiger partial charge in [0, 0.05) is 13.0 Å². The highest BCUT2D eigenvalue weighted by molar-refractivity contribution is 7.14. The molecular formula is C17H23NO2S. The minimum atomic E-state index is 0.0121. The Morgan fingerprint density at radius 1 is 1.52 bits per heavy atom. The smallest absolute Gasteiger partial charge is 0.261 e.